The van der Waals surface area contributed by atoms with Crippen molar-refractivity contribution < 1.29 is 33.6 Å². The summed E-state index contributed by atoms with van der Waals surface area (Å²) in [5, 5.41) is 17.9. The van der Waals surface area contributed by atoms with Crippen LogP contribution in [0, 0.1) is 0 Å². The van der Waals surface area contributed by atoms with Gasteiger partial charge >= 0.3 is 0 Å². The Morgan fingerprint density at radius 2 is 2.08 bits per heavy atom. The van der Waals surface area contributed by atoms with Crippen LogP contribution in [0.3, 0.4) is 0 Å². The van der Waals surface area contributed by atoms with E-state index >= 15 is 0 Å². The van der Waals surface area contributed by atoms with Gasteiger partial charge in [-0.2, -0.15) is 9.36 Å². The average molecular weight is 534 g/mol. The third-order valence-electron chi connectivity index (χ3n) is 5.23. The van der Waals surface area contributed by atoms with Gasteiger partial charge in [0.2, 0.25) is 11.5 Å². The van der Waals surface area contributed by atoms with Crippen molar-refractivity contribution in [2.75, 3.05) is 24.7 Å². The molecule has 0 saturated carbocycles. The number of carboxylic acid groups (broad SMARTS) is 1. The molecule has 3 N–H and O–H groups in total. The zero-order valence-electron chi connectivity index (χ0n) is 19.4. The number of β-lactam (4-membered cyclic amide) rings is 1. The lowest BCUT2D eigenvalue weighted by Crippen LogP contribution is -2.71. The summed E-state index contributed by atoms with van der Waals surface area (Å²) in [7, 11) is 0. The number of carbonyl (C=O) groups excluding carboxylic acids is 3. The fourth-order valence-corrected chi connectivity index (χ4v) is 5.45. The van der Waals surface area contributed by atoms with E-state index in [2.05, 4.69) is 19.8 Å². The van der Waals surface area contributed by atoms with Crippen molar-refractivity contribution in [2.45, 2.75) is 31.8 Å². The van der Waals surface area contributed by atoms with Crippen molar-refractivity contribution >= 4 is 51.9 Å². The van der Waals surface area contributed by atoms with Crippen molar-refractivity contribution in [1.82, 2.24) is 19.6 Å². The third kappa shape index (κ3) is 5.11. The van der Waals surface area contributed by atoms with E-state index < -0.39 is 29.2 Å². The molecule has 0 aliphatic carbocycles. The van der Waals surface area contributed by atoms with Gasteiger partial charge in [0.1, 0.15) is 23.8 Å². The lowest BCUT2D eigenvalue weighted by molar-refractivity contribution is -0.689. The van der Waals surface area contributed by atoms with E-state index in [1.54, 1.807) is 36.0 Å². The number of carboxylic acids is 1. The van der Waals surface area contributed by atoms with Crippen molar-refractivity contribution in [3.05, 3.63) is 41.6 Å². The smallest absolute Gasteiger partial charge is 0.278 e. The van der Waals surface area contributed by atoms with Gasteiger partial charge in [-0.15, -0.1) is 11.8 Å². The maximum Gasteiger partial charge on any atom is 0.278 e. The second-order valence-electron chi connectivity index (χ2n) is 7.55. The molecule has 0 spiro atoms. The molecule has 4 heterocycles. The lowest BCUT2D eigenvalue weighted by Gasteiger charge is -2.50. The van der Waals surface area contributed by atoms with E-state index in [0.717, 1.165) is 16.4 Å². The second kappa shape index (κ2) is 10.9. The molecule has 0 bridgehead atoms. The number of nitrogen functional groups attached to an aromatic ring is 1. The van der Waals surface area contributed by atoms with Gasteiger partial charge in [-0.1, -0.05) is 5.16 Å². The Hall–Kier alpha value is -3.72. The van der Waals surface area contributed by atoms with Gasteiger partial charge in [0.05, 0.1) is 18.3 Å². The Bertz CT molecular complexity index is 1230. The van der Waals surface area contributed by atoms with Gasteiger partial charge in [-0.3, -0.25) is 14.5 Å². The number of carbonyl (C=O) groups is 3. The summed E-state index contributed by atoms with van der Waals surface area (Å²) in [4.78, 5) is 48.0. The quantitative estimate of drug-likeness (QED) is 0.161. The molecular formula is C21H23N7O6S2. The highest BCUT2D eigenvalue weighted by Gasteiger charge is 2.53. The largest absolute Gasteiger partial charge is 0.543 e. The van der Waals surface area contributed by atoms with Crippen molar-refractivity contribution in [2.24, 2.45) is 5.16 Å². The Kier molecular flexibility index (Phi) is 7.69. The molecule has 13 nitrogen and oxygen atoms in total. The molecular weight excluding hydrogens is 510 g/mol. The summed E-state index contributed by atoms with van der Waals surface area (Å²) >= 11 is 2.22. The van der Waals surface area contributed by atoms with E-state index in [4.69, 9.17) is 15.3 Å². The highest BCUT2D eigenvalue weighted by Crippen LogP contribution is 2.40. The number of nitrogens with one attached hydrogen (secondary N) is 1. The number of ether oxygens (including phenoxy) is 1. The molecule has 0 aromatic carbocycles. The fraction of sp³-hybridized carbons (Fsp3) is 0.381. The molecule has 2 aliphatic heterocycles. The van der Waals surface area contributed by atoms with Crippen LogP contribution in [0.15, 0.2) is 41.0 Å². The topological polar surface area (TPSA) is 176 Å². The number of amides is 2. The maximum atomic E-state index is 13.0. The number of thioether (sulfide) groups is 1. The number of hydrogen-bond donors (Lipinski definition) is 2. The SMILES string of the molecule is CCON=C(C(=O)NC1C(=O)N2C(C(=O)[O-])=C(C[n+]3ccc(OCC)cc3)CS[C@@H]12)c1nsc(N)n1. The number of aromatic nitrogens is 3. The number of pyridine rings is 1. The van der Waals surface area contributed by atoms with Crippen LogP contribution >= 0.6 is 23.3 Å². The van der Waals surface area contributed by atoms with E-state index in [-0.39, 0.29) is 35.5 Å². The first-order chi connectivity index (χ1) is 17.3. The summed E-state index contributed by atoms with van der Waals surface area (Å²) < 4.78 is 11.2. The number of hydrogen-bond acceptors (Lipinski definition) is 12. The first-order valence-corrected chi connectivity index (χ1v) is 12.8. The van der Waals surface area contributed by atoms with E-state index in [9.17, 15) is 19.5 Å². The molecule has 4 rings (SSSR count). The number of rotatable bonds is 10. The van der Waals surface area contributed by atoms with Crippen LogP contribution in [0.5, 0.6) is 5.75 Å². The minimum absolute atomic E-state index is 0.0339. The minimum Gasteiger partial charge on any atom is -0.543 e. The molecule has 2 amide bonds. The van der Waals surface area contributed by atoms with Gasteiger partial charge in [-0.05, 0) is 13.8 Å². The summed E-state index contributed by atoms with van der Waals surface area (Å²) in [5.41, 5.74) is 5.70. The van der Waals surface area contributed by atoms with Gasteiger partial charge in [0, 0.05) is 35.0 Å². The van der Waals surface area contributed by atoms with Gasteiger partial charge < -0.3 is 30.5 Å². The van der Waals surface area contributed by atoms with Crippen LogP contribution in [-0.4, -0.2) is 68.1 Å². The van der Waals surface area contributed by atoms with Gasteiger partial charge in [0.15, 0.2) is 24.1 Å². The zero-order valence-corrected chi connectivity index (χ0v) is 21.0. The monoisotopic (exact) mass is 533 g/mol. The summed E-state index contributed by atoms with van der Waals surface area (Å²) in [5.74, 6) is -1.78. The number of nitrogens with zero attached hydrogens (tertiary/aromatic N) is 5. The molecule has 2 aliphatic rings. The highest BCUT2D eigenvalue weighted by molar-refractivity contribution is 8.00. The summed E-state index contributed by atoms with van der Waals surface area (Å²) in [6.07, 6.45) is 3.53. The van der Waals surface area contributed by atoms with Crippen LogP contribution in [-0.2, 0) is 25.8 Å². The normalized spacial score (nSPS) is 19.4. The maximum absolute atomic E-state index is 13.0. The molecule has 0 radical (unpaired) electrons. The zero-order chi connectivity index (χ0) is 25.8. The third-order valence-corrected chi connectivity index (χ3v) is 7.11. The van der Waals surface area contributed by atoms with E-state index in [1.165, 1.54) is 11.8 Å². The Morgan fingerprint density at radius 3 is 2.69 bits per heavy atom. The van der Waals surface area contributed by atoms with Gasteiger partial charge in [0.25, 0.3) is 11.8 Å². The standard InChI is InChI=1S/C21H23N7O6S2/c1-3-33-12-5-7-27(8-6-12)9-11-10-35-19-14(18(30)28(19)15(11)20(31)32)23-17(29)13(25-34-4-2)16-24-21(22)36-26-16/h5-8,14,19H,3-4,9-10H2,1-2H3,(H3-,22,23,24,26,29,31,32)/t14?,19-/m0/s1. The first-order valence-electron chi connectivity index (χ1n) is 10.9. The van der Waals surface area contributed by atoms with Crippen LogP contribution in [0.1, 0.15) is 19.7 Å². The summed E-state index contributed by atoms with van der Waals surface area (Å²) in [6.45, 7) is 4.54. The Labute approximate surface area is 214 Å². The van der Waals surface area contributed by atoms with Crippen LogP contribution in [0.4, 0.5) is 5.13 Å². The van der Waals surface area contributed by atoms with Crippen molar-refractivity contribution in [3.8, 4) is 5.75 Å². The first kappa shape index (κ1) is 25.4. The van der Waals surface area contributed by atoms with Crippen LogP contribution < -0.4 is 25.5 Å². The number of nitrogens with two attached hydrogens (primary N) is 1. The predicted molar refractivity (Wildman–Crippen MR) is 127 cm³/mol. The van der Waals surface area contributed by atoms with Gasteiger partial charge in [-0.25, -0.2) is 4.57 Å². The molecule has 2 aromatic heterocycles. The molecule has 36 heavy (non-hydrogen) atoms. The van der Waals surface area contributed by atoms with E-state index in [1.807, 2.05) is 6.92 Å². The number of aliphatic carboxylic acids is 1. The Balaban J connectivity index is 1.50. The number of oxime groups is 1. The Morgan fingerprint density at radius 1 is 1.33 bits per heavy atom. The van der Waals surface area contributed by atoms with E-state index in [0.29, 0.717) is 23.7 Å². The van der Waals surface area contributed by atoms with Crippen molar-refractivity contribution in [3.63, 3.8) is 0 Å². The van der Waals surface area contributed by atoms with Crippen LogP contribution in [0.2, 0.25) is 0 Å². The van der Waals surface area contributed by atoms with Crippen molar-refractivity contribution in [1.29, 1.82) is 0 Å². The highest BCUT2D eigenvalue weighted by atomic mass is 32.2. The molecule has 2 aromatic rings. The minimum atomic E-state index is -1.46. The number of anilines is 1. The molecule has 1 fully saturated rings. The molecule has 15 heteroatoms. The molecule has 2 atom stereocenters. The molecule has 1 unspecified atom stereocenters. The average Bonchev–Trinajstić information content (AvgIpc) is 3.29. The predicted octanol–water partition coefficient (Wildman–Crippen LogP) is -1.35. The molecule has 1 saturated heterocycles. The fourth-order valence-electron chi connectivity index (χ4n) is 3.68. The van der Waals surface area contributed by atoms with Crippen LogP contribution in [0.25, 0.3) is 0 Å². The summed E-state index contributed by atoms with van der Waals surface area (Å²) in [6, 6.07) is 2.57. The lowest BCUT2D eigenvalue weighted by atomic mass is 10.0. The second-order valence-corrected chi connectivity index (χ2v) is 9.44. The molecule has 190 valence electrons. The number of fused-ring (bicyclic) bond motifs is 1.